The van der Waals surface area contributed by atoms with E-state index in [1.54, 1.807) is 23.1 Å². The minimum Gasteiger partial charge on any atom is -0.355 e. The zero-order valence-corrected chi connectivity index (χ0v) is 17.8. The van der Waals surface area contributed by atoms with Crippen molar-refractivity contribution in [1.29, 1.82) is 0 Å². The average molecular weight is 421 g/mol. The van der Waals surface area contributed by atoms with Gasteiger partial charge in [-0.2, -0.15) is 0 Å². The van der Waals surface area contributed by atoms with Crippen LogP contribution < -0.4 is 5.32 Å². The number of carbonyl (C=O) groups is 2. The summed E-state index contributed by atoms with van der Waals surface area (Å²) >= 11 is 12.5. The Kier molecular flexibility index (Phi) is 8.81. The zero-order chi connectivity index (χ0) is 20.5. The lowest BCUT2D eigenvalue weighted by Crippen LogP contribution is -2.50. The summed E-state index contributed by atoms with van der Waals surface area (Å²) in [6.07, 6.45) is 1.25. The topological polar surface area (TPSA) is 49.4 Å². The van der Waals surface area contributed by atoms with Crippen molar-refractivity contribution >= 4 is 35.0 Å². The molecule has 2 amide bonds. The summed E-state index contributed by atoms with van der Waals surface area (Å²) in [4.78, 5) is 27.4. The fourth-order valence-corrected chi connectivity index (χ4v) is 3.67. The summed E-state index contributed by atoms with van der Waals surface area (Å²) in [6.45, 7) is 4.74. The molecule has 0 spiro atoms. The van der Waals surface area contributed by atoms with Gasteiger partial charge in [-0.05, 0) is 43.0 Å². The molecular weight excluding hydrogens is 395 g/mol. The molecule has 6 heteroatoms. The number of rotatable bonds is 9. The van der Waals surface area contributed by atoms with E-state index in [0.29, 0.717) is 41.5 Å². The predicted octanol–water partition coefficient (Wildman–Crippen LogP) is 4.52. The van der Waals surface area contributed by atoms with E-state index in [1.165, 1.54) is 0 Å². The van der Waals surface area contributed by atoms with E-state index in [4.69, 9.17) is 23.2 Å². The summed E-state index contributed by atoms with van der Waals surface area (Å²) in [5.41, 5.74) is 1.70. The van der Waals surface area contributed by atoms with Gasteiger partial charge in [0.25, 0.3) is 0 Å². The van der Waals surface area contributed by atoms with Crippen LogP contribution in [0, 0.1) is 0 Å². The second kappa shape index (κ2) is 11.1. The fourth-order valence-electron chi connectivity index (χ4n) is 3.14. The van der Waals surface area contributed by atoms with Crippen LogP contribution in [0.1, 0.15) is 31.4 Å². The zero-order valence-electron chi connectivity index (χ0n) is 16.3. The van der Waals surface area contributed by atoms with Crippen molar-refractivity contribution in [1.82, 2.24) is 10.2 Å². The summed E-state index contributed by atoms with van der Waals surface area (Å²) < 4.78 is 0. The normalized spacial score (nSPS) is 11.7. The number of benzene rings is 2. The molecule has 0 heterocycles. The van der Waals surface area contributed by atoms with Gasteiger partial charge in [0.2, 0.25) is 11.8 Å². The third-order valence-corrected chi connectivity index (χ3v) is 5.32. The molecular formula is C22H26Cl2N2O2. The van der Waals surface area contributed by atoms with Gasteiger partial charge in [0.1, 0.15) is 6.04 Å². The largest absolute Gasteiger partial charge is 0.355 e. The Morgan fingerprint density at radius 2 is 1.64 bits per heavy atom. The molecule has 1 atom stereocenters. The summed E-state index contributed by atoms with van der Waals surface area (Å²) in [7, 11) is 0. The van der Waals surface area contributed by atoms with Gasteiger partial charge < -0.3 is 10.2 Å². The molecule has 0 fully saturated rings. The van der Waals surface area contributed by atoms with Gasteiger partial charge in [-0.1, -0.05) is 66.5 Å². The van der Waals surface area contributed by atoms with Crippen molar-refractivity contribution in [2.75, 3.05) is 13.1 Å². The molecule has 0 aliphatic carbocycles. The van der Waals surface area contributed by atoms with Crippen LogP contribution in [0.2, 0.25) is 10.0 Å². The number of nitrogens with zero attached hydrogens (tertiary/aromatic N) is 1. The molecule has 0 aliphatic heterocycles. The Morgan fingerprint density at radius 1 is 1.00 bits per heavy atom. The first-order chi connectivity index (χ1) is 13.5. The van der Waals surface area contributed by atoms with E-state index < -0.39 is 6.04 Å². The van der Waals surface area contributed by atoms with Crippen LogP contribution >= 0.6 is 23.2 Å². The van der Waals surface area contributed by atoms with Gasteiger partial charge in [-0.3, -0.25) is 9.59 Å². The van der Waals surface area contributed by atoms with Crippen LogP contribution in [0.5, 0.6) is 0 Å². The van der Waals surface area contributed by atoms with Crippen molar-refractivity contribution in [3.05, 3.63) is 69.7 Å². The van der Waals surface area contributed by atoms with Crippen molar-refractivity contribution in [3.63, 3.8) is 0 Å². The van der Waals surface area contributed by atoms with Crippen LogP contribution in [0.4, 0.5) is 0 Å². The lowest BCUT2D eigenvalue weighted by atomic mass is 10.1. The standard InChI is InChI=1S/C22H26Cl2N2O2/c1-3-20(22(28)25-4-2)26(14-13-16-9-6-5-7-10-16)21(27)15-17-18(23)11-8-12-19(17)24/h5-12,20H,3-4,13-15H2,1-2H3,(H,25,28)/t20-/m0/s1. The first-order valence-electron chi connectivity index (χ1n) is 9.51. The van der Waals surface area contributed by atoms with Crippen LogP contribution in [-0.2, 0) is 22.4 Å². The smallest absolute Gasteiger partial charge is 0.242 e. The maximum Gasteiger partial charge on any atom is 0.242 e. The minimum atomic E-state index is -0.530. The first kappa shape index (κ1) is 22.3. The van der Waals surface area contributed by atoms with Crippen molar-refractivity contribution in [3.8, 4) is 0 Å². The van der Waals surface area contributed by atoms with Crippen molar-refractivity contribution < 1.29 is 9.59 Å². The number of hydrogen-bond acceptors (Lipinski definition) is 2. The quantitative estimate of drug-likeness (QED) is 0.647. The number of hydrogen-bond donors (Lipinski definition) is 1. The second-order valence-electron chi connectivity index (χ2n) is 6.52. The lowest BCUT2D eigenvalue weighted by Gasteiger charge is -2.31. The molecule has 0 aliphatic rings. The van der Waals surface area contributed by atoms with Crippen LogP contribution in [0.25, 0.3) is 0 Å². The molecule has 0 saturated carbocycles. The van der Waals surface area contributed by atoms with Gasteiger partial charge in [-0.15, -0.1) is 0 Å². The molecule has 4 nitrogen and oxygen atoms in total. The van der Waals surface area contributed by atoms with E-state index in [-0.39, 0.29) is 18.2 Å². The molecule has 28 heavy (non-hydrogen) atoms. The van der Waals surface area contributed by atoms with Gasteiger partial charge in [0.05, 0.1) is 6.42 Å². The Labute approximate surface area is 176 Å². The van der Waals surface area contributed by atoms with Gasteiger partial charge in [-0.25, -0.2) is 0 Å². The van der Waals surface area contributed by atoms with Crippen LogP contribution in [-0.4, -0.2) is 35.8 Å². The summed E-state index contributed by atoms with van der Waals surface area (Å²) in [5, 5.41) is 3.74. The van der Waals surface area contributed by atoms with E-state index in [9.17, 15) is 9.59 Å². The Balaban J connectivity index is 2.24. The molecule has 0 bridgehead atoms. The Bertz CT molecular complexity index is 776. The van der Waals surface area contributed by atoms with Gasteiger partial charge in [0.15, 0.2) is 0 Å². The molecule has 0 unspecified atom stereocenters. The van der Waals surface area contributed by atoms with Crippen molar-refractivity contribution in [2.24, 2.45) is 0 Å². The third kappa shape index (κ3) is 5.98. The molecule has 2 rings (SSSR count). The second-order valence-corrected chi connectivity index (χ2v) is 7.33. The molecule has 2 aromatic rings. The lowest BCUT2D eigenvalue weighted by molar-refractivity contribution is -0.140. The molecule has 0 radical (unpaired) electrons. The maximum absolute atomic E-state index is 13.2. The molecule has 1 N–H and O–H groups in total. The molecule has 0 aromatic heterocycles. The highest BCUT2D eigenvalue weighted by Crippen LogP contribution is 2.25. The van der Waals surface area contributed by atoms with Gasteiger partial charge in [0, 0.05) is 23.1 Å². The highest BCUT2D eigenvalue weighted by Gasteiger charge is 2.28. The number of halogens is 2. The van der Waals surface area contributed by atoms with E-state index in [0.717, 1.165) is 5.56 Å². The SMILES string of the molecule is CCNC(=O)[C@H](CC)N(CCc1ccccc1)C(=O)Cc1c(Cl)cccc1Cl. The summed E-state index contributed by atoms with van der Waals surface area (Å²) in [6, 6.07) is 14.6. The molecule has 0 saturated heterocycles. The molecule has 150 valence electrons. The maximum atomic E-state index is 13.2. The Morgan fingerprint density at radius 3 is 2.21 bits per heavy atom. The van der Waals surface area contributed by atoms with E-state index in [1.807, 2.05) is 44.2 Å². The van der Waals surface area contributed by atoms with Crippen LogP contribution in [0.3, 0.4) is 0 Å². The first-order valence-corrected chi connectivity index (χ1v) is 10.3. The molecule has 2 aromatic carbocycles. The average Bonchev–Trinajstić information content (AvgIpc) is 2.68. The highest BCUT2D eigenvalue weighted by atomic mass is 35.5. The minimum absolute atomic E-state index is 0.0587. The van der Waals surface area contributed by atoms with Crippen molar-refractivity contribution in [2.45, 2.75) is 39.2 Å². The number of carbonyl (C=O) groups excluding carboxylic acids is 2. The third-order valence-electron chi connectivity index (χ3n) is 4.61. The summed E-state index contributed by atoms with van der Waals surface area (Å²) in [5.74, 6) is -0.305. The predicted molar refractivity (Wildman–Crippen MR) is 115 cm³/mol. The number of likely N-dealkylation sites (N-methyl/N-ethyl adjacent to an activating group) is 1. The number of nitrogens with one attached hydrogen (secondary N) is 1. The van der Waals surface area contributed by atoms with E-state index >= 15 is 0 Å². The van der Waals surface area contributed by atoms with Crippen LogP contribution in [0.15, 0.2) is 48.5 Å². The fraction of sp³-hybridized carbons (Fsp3) is 0.364. The van der Waals surface area contributed by atoms with E-state index in [2.05, 4.69) is 5.32 Å². The Hall–Kier alpha value is -2.04. The monoisotopic (exact) mass is 420 g/mol. The number of amides is 2. The van der Waals surface area contributed by atoms with Gasteiger partial charge >= 0.3 is 0 Å². The highest BCUT2D eigenvalue weighted by molar-refractivity contribution is 6.36.